The Labute approximate surface area is 196 Å². The summed E-state index contributed by atoms with van der Waals surface area (Å²) >= 11 is 1.26. The van der Waals surface area contributed by atoms with E-state index in [1.165, 1.54) is 15.6 Å². The van der Waals surface area contributed by atoms with Gasteiger partial charge in [-0.3, -0.25) is 4.79 Å². The first-order valence-corrected chi connectivity index (χ1v) is 13.1. The quantitative estimate of drug-likeness (QED) is 0.459. The van der Waals surface area contributed by atoms with Crippen LogP contribution in [-0.4, -0.2) is 41.1 Å². The molecule has 1 aromatic carbocycles. The van der Waals surface area contributed by atoms with Gasteiger partial charge in [-0.05, 0) is 56.2 Å². The number of piperidine rings is 1. The Morgan fingerprint density at radius 3 is 2.67 bits per heavy atom. The number of fused-ring (bicyclic) bond motifs is 1. The Morgan fingerprint density at radius 2 is 1.94 bits per heavy atom. The summed E-state index contributed by atoms with van der Waals surface area (Å²) in [4.78, 5) is 18.5. The van der Waals surface area contributed by atoms with E-state index in [4.69, 9.17) is 0 Å². The van der Waals surface area contributed by atoms with Crippen LogP contribution in [0.25, 0.3) is 16.9 Å². The van der Waals surface area contributed by atoms with Crippen LogP contribution in [0.2, 0.25) is 0 Å². The molecule has 1 amide bonds. The Hall–Kier alpha value is -3.01. The van der Waals surface area contributed by atoms with Gasteiger partial charge in [0.05, 0.1) is 11.6 Å². The standard InChI is InChI=1S/C24H24N4O3S2/c1-17-7-12-23(32-17)33(30,31)28-14-4-5-19(15-28)24(29)25-20-10-8-18(9-11-20)21-16-27-13-3-2-6-22(27)26-21/h2-3,6-13,16,19H,4-5,14-15H2,1H3,(H,25,29)/t19-/m0/s1. The average Bonchev–Trinajstić information content (AvgIpc) is 3.46. The van der Waals surface area contributed by atoms with Crippen LogP contribution in [0.5, 0.6) is 0 Å². The SMILES string of the molecule is Cc1ccc(S(=O)(=O)N2CCC[C@H](C(=O)Nc3ccc(-c4cn5ccccc5n4)cc3)C2)s1. The Bertz CT molecular complexity index is 1370. The van der Waals surface area contributed by atoms with E-state index in [1.54, 1.807) is 6.07 Å². The molecule has 0 aliphatic carbocycles. The van der Waals surface area contributed by atoms with Crippen molar-refractivity contribution in [3.05, 3.63) is 71.9 Å². The van der Waals surface area contributed by atoms with Gasteiger partial charge in [-0.2, -0.15) is 4.31 Å². The minimum absolute atomic E-state index is 0.155. The number of aryl methyl sites for hydroxylation is 1. The predicted molar refractivity (Wildman–Crippen MR) is 130 cm³/mol. The Balaban J connectivity index is 1.26. The van der Waals surface area contributed by atoms with E-state index < -0.39 is 10.0 Å². The maximum atomic E-state index is 13.0. The second kappa shape index (κ2) is 8.74. The maximum Gasteiger partial charge on any atom is 0.252 e. The van der Waals surface area contributed by atoms with E-state index in [2.05, 4.69) is 10.3 Å². The van der Waals surface area contributed by atoms with Crippen LogP contribution in [-0.2, 0) is 14.8 Å². The minimum Gasteiger partial charge on any atom is -0.326 e. The van der Waals surface area contributed by atoms with Crippen molar-refractivity contribution in [2.45, 2.75) is 24.0 Å². The van der Waals surface area contributed by atoms with Crippen LogP contribution in [0.1, 0.15) is 17.7 Å². The van der Waals surface area contributed by atoms with Crippen LogP contribution in [0.4, 0.5) is 5.69 Å². The third-order valence-electron chi connectivity index (χ3n) is 5.88. The fourth-order valence-electron chi connectivity index (χ4n) is 4.10. The number of nitrogens with zero attached hydrogens (tertiary/aromatic N) is 3. The first-order valence-electron chi connectivity index (χ1n) is 10.8. The molecule has 170 valence electrons. The van der Waals surface area contributed by atoms with Crippen LogP contribution in [0.15, 0.2) is 71.2 Å². The zero-order valence-corrected chi connectivity index (χ0v) is 19.8. The third-order valence-corrected chi connectivity index (χ3v) is 9.21. The van der Waals surface area contributed by atoms with E-state index in [-0.39, 0.29) is 18.4 Å². The summed E-state index contributed by atoms with van der Waals surface area (Å²) in [6, 6.07) is 16.9. The molecule has 4 heterocycles. The topological polar surface area (TPSA) is 83.8 Å². The number of benzene rings is 1. The van der Waals surface area contributed by atoms with Gasteiger partial charge in [-0.25, -0.2) is 13.4 Å². The number of thiophene rings is 1. The second-order valence-corrected chi connectivity index (χ2v) is 11.7. The summed E-state index contributed by atoms with van der Waals surface area (Å²) in [6.07, 6.45) is 5.25. The van der Waals surface area contributed by atoms with E-state index in [1.807, 2.05) is 72.2 Å². The van der Waals surface area contributed by atoms with Gasteiger partial charge in [-0.1, -0.05) is 18.2 Å². The summed E-state index contributed by atoms with van der Waals surface area (Å²) in [7, 11) is -3.57. The van der Waals surface area contributed by atoms with Gasteiger partial charge in [0.15, 0.2) is 0 Å². The lowest BCUT2D eigenvalue weighted by atomic mass is 9.98. The van der Waals surface area contributed by atoms with Crippen molar-refractivity contribution in [2.24, 2.45) is 5.92 Å². The van der Waals surface area contributed by atoms with Gasteiger partial charge in [0.2, 0.25) is 5.91 Å². The van der Waals surface area contributed by atoms with Crippen molar-refractivity contribution >= 4 is 38.6 Å². The van der Waals surface area contributed by atoms with Crippen LogP contribution < -0.4 is 5.32 Å². The third kappa shape index (κ3) is 4.44. The monoisotopic (exact) mass is 480 g/mol. The highest BCUT2D eigenvalue weighted by Gasteiger charge is 2.34. The van der Waals surface area contributed by atoms with Crippen molar-refractivity contribution in [3.8, 4) is 11.3 Å². The van der Waals surface area contributed by atoms with E-state index in [0.717, 1.165) is 21.8 Å². The molecule has 1 aliphatic heterocycles. The fourth-order valence-corrected chi connectivity index (χ4v) is 7.06. The molecule has 0 saturated carbocycles. The minimum atomic E-state index is -3.57. The van der Waals surface area contributed by atoms with Gasteiger partial charge >= 0.3 is 0 Å². The van der Waals surface area contributed by atoms with E-state index >= 15 is 0 Å². The van der Waals surface area contributed by atoms with Gasteiger partial charge in [-0.15, -0.1) is 11.3 Å². The molecule has 4 aromatic rings. The van der Waals surface area contributed by atoms with Crippen LogP contribution in [0, 0.1) is 12.8 Å². The summed E-state index contributed by atoms with van der Waals surface area (Å²) in [5, 5.41) is 2.95. The molecule has 7 nitrogen and oxygen atoms in total. The lowest BCUT2D eigenvalue weighted by Crippen LogP contribution is -2.43. The normalized spacial score (nSPS) is 17.3. The lowest BCUT2D eigenvalue weighted by Gasteiger charge is -2.30. The number of anilines is 1. The van der Waals surface area contributed by atoms with Gasteiger partial charge in [0.1, 0.15) is 9.86 Å². The second-order valence-electron chi connectivity index (χ2n) is 8.23. The number of amides is 1. The Kier molecular flexibility index (Phi) is 5.77. The number of carbonyl (C=O) groups excluding carboxylic acids is 1. The summed E-state index contributed by atoms with van der Waals surface area (Å²) < 4.78 is 29.7. The molecule has 1 aliphatic rings. The number of rotatable bonds is 5. The molecule has 9 heteroatoms. The van der Waals surface area contributed by atoms with Gasteiger partial charge in [0.25, 0.3) is 10.0 Å². The first-order chi connectivity index (χ1) is 15.9. The highest BCUT2D eigenvalue weighted by molar-refractivity contribution is 7.91. The number of carbonyl (C=O) groups is 1. The van der Waals surface area contributed by atoms with Crippen molar-refractivity contribution < 1.29 is 13.2 Å². The summed E-state index contributed by atoms with van der Waals surface area (Å²) in [5.41, 5.74) is 3.37. The molecule has 33 heavy (non-hydrogen) atoms. The number of aromatic nitrogens is 2. The number of imidazole rings is 1. The van der Waals surface area contributed by atoms with E-state index in [0.29, 0.717) is 29.3 Å². The summed E-state index contributed by atoms with van der Waals surface area (Å²) in [6.45, 7) is 2.53. The van der Waals surface area contributed by atoms with Crippen molar-refractivity contribution in [3.63, 3.8) is 0 Å². The number of hydrogen-bond donors (Lipinski definition) is 1. The van der Waals surface area contributed by atoms with Crippen LogP contribution in [0.3, 0.4) is 0 Å². The first kappa shape index (κ1) is 21.8. The molecule has 1 N–H and O–H groups in total. The number of nitrogens with one attached hydrogen (secondary N) is 1. The molecular formula is C24H24N4O3S2. The molecule has 1 saturated heterocycles. The predicted octanol–water partition coefficient (Wildman–Crippen LogP) is 4.41. The average molecular weight is 481 g/mol. The summed E-state index contributed by atoms with van der Waals surface area (Å²) in [5.74, 6) is -0.537. The zero-order chi connectivity index (χ0) is 23.0. The van der Waals surface area contributed by atoms with Gasteiger partial charge in [0, 0.05) is 41.6 Å². The van der Waals surface area contributed by atoms with Gasteiger partial charge < -0.3 is 9.72 Å². The molecule has 0 spiro atoms. The number of pyridine rings is 1. The van der Waals surface area contributed by atoms with Crippen molar-refractivity contribution in [2.75, 3.05) is 18.4 Å². The largest absolute Gasteiger partial charge is 0.326 e. The van der Waals surface area contributed by atoms with Crippen molar-refractivity contribution in [1.82, 2.24) is 13.7 Å². The molecule has 0 unspecified atom stereocenters. The molecule has 1 fully saturated rings. The van der Waals surface area contributed by atoms with E-state index in [9.17, 15) is 13.2 Å². The highest BCUT2D eigenvalue weighted by Crippen LogP contribution is 2.29. The molecule has 0 bridgehead atoms. The maximum absolute atomic E-state index is 13.0. The molecule has 0 radical (unpaired) electrons. The van der Waals surface area contributed by atoms with Crippen LogP contribution >= 0.6 is 11.3 Å². The lowest BCUT2D eigenvalue weighted by molar-refractivity contribution is -0.120. The molecule has 1 atom stereocenters. The fraction of sp³-hybridized carbons (Fsp3) is 0.250. The van der Waals surface area contributed by atoms with Crippen molar-refractivity contribution in [1.29, 1.82) is 0 Å². The smallest absolute Gasteiger partial charge is 0.252 e. The molecular weight excluding hydrogens is 456 g/mol. The Morgan fingerprint density at radius 1 is 1.12 bits per heavy atom. The number of sulfonamides is 1. The molecule has 5 rings (SSSR count). The number of hydrogen-bond acceptors (Lipinski definition) is 5. The zero-order valence-electron chi connectivity index (χ0n) is 18.1. The highest BCUT2D eigenvalue weighted by atomic mass is 32.2. The molecule has 3 aromatic heterocycles.